The summed E-state index contributed by atoms with van der Waals surface area (Å²) in [5.41, 5.74) is 1.20. The smallest absolute Gasteiger partial charge is 0.246 e. The van der Waals surface area contributed by atoms with Crippen LogP contribution in [-0.2, 0) is 9.59 Å². The zero-order chi connectivity index (χ0) is 18.6. The first-order chi connectivity index (χ1) is 12.5. The van der Waals surface area contributed by atoms with Crippen molar-refractivity contribution in [2.75, 3.05) is 38.5 Å². The molecule has 2 fully saturated rings. The van der Waals surface area contributed by atoms with Crippen molar-refractivity contribution in [1.29, 1.82) is 0 Å². The quantitative estimate of drug-likeness (QED) is 0.875. The molecule has 0 saturated carbocycles. The number of nitrogens with one attached hydrogen (secondary N) is 1. The van der Waals surface area contributed by atoms with Gasteiger partial charge in [-0.3, -0.25) is 14.5 Å². The number of nitrogens with zero attached hydrogens (tertiary/aromatic N) is 2. The van der Waals surface area contributed by atoms with Gasteiger partial charge in [0.2, 0.25) is 11.8 Å². The van der Waals surface area contributed by atoms with Gasteiger partial charge < -0.3 is 10.2 Å². The number of carbonyl (C=O) groups is 2. The third-order valence-electron chi connectivity index (χ3n) is 4.92. The highest BCUT2D eigenvalue weighted by Gasteiger charge is 2.39. The Kier molecular flexibility index (Phi) is 6.04. The molecule has 26 heavy (non-hydrogen) atoms. The molecule has 0 radical (unpaired) electrons. The maximum atomic E-state index is 12.7. The molecule has 0 spiro atoms. The van der Waals surface area contributed by atoms with E-state index in [-0.39, 0.29) is 17.9 Å². The summed E-state index contributed by atoms with van der Waals surface area (Å²) >= 11 is 1.56. The van der Waals surface area contributed by atoms with Crippen molar-refractivity contribution in [1.82, 2.24) is 15.1 Å². The molecule has 1 N–H and O–H groups in total. The zero-order valence-corrected chi connectivity index (χ0v) is 16.3. The molecule has 0 aliphatic carbocycles. The predicted octanol–water partition coefficient (Wildman–Crippen LogP) is 1.85. The number of carbonyl (C=O) groups excluding carboxylic acids is 2. The third kappa shape index (κ3) is 4.68. The molecule has 5 nitrogen and oxygen atoms in total. The van der Waals surface area contributed by atoms with Crippen LogP contribution < -0.4 is 5.32 Å². The lowest BCUT2D eigenvalue weighted by Gasteiger charge is -2.39. The number of hydrogen-bond donors (Lipinski definition) is 1. The van der Waals surface area contributed by atoms with Gasteiger partial charge in [-0.1, -0.05) is 42.5 Å². The molecular weight excluding hydrogens is 346 g/mol. The van der Waals surface area contributed by atoms with Gasteiger partial charge in [-0.15, -0.1) is 11.8 Å². The lowest BCUT2D eigenvalue weighted by atomic mass is 10.1. The summed E-state index contributed by atoms with van der Waals surface area (Å²) in [4.78, 5) is 29.0. The van der Waals surface area contributed by atoms with Crippen LogP contribution in [0.5, 0.6) is 0 Å². The number of rotatable bonds is 4. The minimum Gasteiger partial charge on any atom is -0.342 e. The van der Waals surface area contributed by atoms with Crippen LogP contribution in [0.1, 0.15) is 19.4 Å². The molecule has 0 aromatic heterocycles. The summed E-state index contributed by atoms with van der Waals surface area (Å²) in [6, 6.07) is 9.88. The second-order valence-electron chi connectivity index (χ2n) is 7.29. The van der Waals surface area contributed by atoms with Gasteiger partial charge >= 0.3 is 0 Å². The van der Waals surface area contributed by atoms with Crippen LogP contribution in [0.4, 0.5) is 0 Å². The Morgan fingerprint density at radius 3 is 2.58 bits per heavy atom. The van der Waals surface area contributed by atoms with Crippen molar-refractivity contribution in [3.05, 3.63) is 42.0 Å². The van der Waals surface area contributed by atoms with Crippen LogP contribution in [0.3, 0.4) is 0 Å². The Morgan fingerprint density at radius 2 is 1.92 bits per heavy atom. The van der Waals surface area contributed by atoms with E-state index >= 15 is 0 Å². The number of piperazine rings is 1. The van der Waals surface area contributed by atoms with Crippen LogP contribution >= 0.6 is 11.8 Å². The van der Waals surface area contributed by atoms with E-state index in [1.807, 2.05) is 36.9 Å². The molecule has 3 rings (SSSR count). The first kappa shape index (κ1) is 19.0. The summed E-state index contributed by atoms with van der Waals surface area (Å²) in [5, 5.41) is 2.89. The fraction of sp³-hybridized carbons (Fsp3) is 0.500. The van der Waals surface area contributed by atoms with Gasteiger partial charge in [0.25, 0.3) is 0 Å². The molecule has 2 heterocycles. The lowest BCUT2D eigenvalue weighted by molar-refractivity contribution is -0.137. The zero-order valence-electron chi connectivity index (χ0n) is 15.5. The van der Waals surface area contributed by atoms with Crippen molar-refractivity contribution in [3.63, 3.8) is 0 Å². The monoisotopic (exact) mass is 373 g/mol. The Hall–Kier alpha value is -1.79. The van der Waals surface area contributed by atoms with Gasteiger partial charge in [0.1, 0.15) is 6.04 Å². The minimum absolute atomic E-state index is 0.0446. The molecule has 140 valence electrons. The van der Waals surface area contributed by atoms with Crippen molar-refractivity contribution in [2.24, 2.45) is 0 Å². The standard InChI is InChI=1S/C20H27N3O2S/c1-20(2)19(25)21-17(15-26-20)18(24)23-13-11-22(12-14-23)10-6-9-16-7-4-3-5-8-16/h3-9,17H,10-15H2,1-2H3,(H,21,25)/b9-6+/t17-/m0/s1. The van der Waals surface area contributed by atoms with Gasteiger partial charge in [-0.05, 0) is 19.4 Å². The first-order valence-electron chi connectivity index (χ1n) is 9.13. The Morgan fingerprint density at radius 1 is 1.23 bits per heavy atom. The fourth-order valence-electron chi connectivity index (χ4n) is 3.14. The van der Waals surface area contributed by atoms with Gasteiger partial charge in [-0.25, -0.2) is 0 Å². The topological polar surface area (TPSA) is 52.7 Å². The number of thioether (sulfide) groups is 1. The van der Waals surface area contributed by atoms with Crippen LogP contribution in [0, 0.1) is 0 Å². The molecule has 0 bridgehead atoms. The SMILES string of the molecule is CC1(C)SC[C@@H](C(=O)N2CCN(C/C=C/c3ccccc3)CC2)NC1=O. The number of hydrogen-bond acceptors (Lipinski definition) is 4. The normalized spacial score (nSPS) is 23.8. The summed E-state index contributed by atoms with van der Waals surface area (Å²) in [7, 11) is 0. The third-order valence-corrected chi connectivity index (χ3v) is 6.33. The Labute approximate surface area is 159 Å². The molecule has 1 aromatic rings. The Balaban J connectivity index is 1.44. The summed E-state index contributed by atoms with van der Waals surface area (Å²) < 4.78 is -0.444. The molecule has 2 aliphatic heterocycles. The maximum absolute atomic E-state index is 12.7. The van der Waals surface area contributed by atoms with Crippen LogP contribution in [0.15, 0.2) is 36.4 Å². The predicted molar refractivity (Wildman–Crippen MR) is 107 cm³/mol. The second kappa shape index (κ2) is 8.27. The van der Waals surface area contributed by atoms with Crippen molar-refractivity contribution in [2.45, 2.75) is 24.6 Å². The molecule has 1 aromatic carbocycles. The molecular formula is C20H27N3O2S. The van der Waals surface area contributed by atoms with E-state index in [2.05, 4.69) is 34.5 Å². The molecule has 2 saturated heterocycles. The summed E-state index contributed by atoms with van der Waals surface area (Å²) in [6.07, 6.45) is 4.31. The van der Waals surface area contributed by atoms with E-state index in [1.165, 1.54) is 5.56 Å². The van der Waals surface area contributed by atoms with Crippen molar-refractivity contribution >= 4 is 29.7 Å². The highest BCUT2D eigenvalue weighted by Crippen LogP contribution is 2.29. The van der Waals surface area contributed by atoms with E-state index in [9.17, 15) is 9.59 Å². The number of amides is 2. The van der Waals surface area contributed by atoms with E-state index in [0.29, 0.717) is 5.75 Å². The first-order valence-corrected chi connectivity index (χ1v) is 10.1. The van der Waals surface area contributed by atoms with Gasteiger partial charge in [-0.2, -0.15) is 0 Å². The van der Waals surface area contributed by atoms with Crippen LogP contribution in [0.25, 0.3) is 6.08 Å². The van der Waals surface area contributed by atoms with E-state index in [4.69, 9.17) is 0 Å². The highest BCUT2D eigenvalue weighted by molar-refractivity contribution is 8.01. The molecule has 0 unspecified atom stereocenters. The average molecular weight is 374 g/mol. The Bertz CT molecular complexity index is 667. The van der Waals surface area contributed by atoms with Gasteiger partial charge in [0, 0.05) is 38.5 Å². The highest BCUT2D eigenvalue weighted by atomic mass is 32.2. The van der Waals surface area contributed by atoms with E-state index < -0.39 is 4.75 Å². The fourth-order valence-corrected chi connectivity index (χ4v) is 4.14. The van der Waals surface area contributed by atoms with Crippen molar-refractivity contribution in [3.8, 4) is 0 Å². The lowest BCUT2D eigenvalue weighted by Crippen LogP contribution is -2.60. The molecule has 6 heteroatoms. The maximum Gasteiger partial charge on any atom is 0.246 e. The largest absolute Gasteiger partial charge is 0.342 e. The van der Waals surface area contributed by atoms with Gasteiger partial charge in [0.15, 0.2) is 0 Å². The average Bonchev–Trinajstić information content (AvgIpc) is 2.65. The molecule has 1 atom stereocenters. The molecule has 2 amide bonds. The number of benzene rings is 1. The van der Waals surface area contributed by atoms with Crippen molar-refractivity contribution < 1.29 is 9.59 Å². The summed E-state index contributed by atoms with van der Waals surface area (Å²) in [6.45, 7) is 7.86. The molecule has 2 aliphatic rings. The van der Waals surface area contributed by atoms with Crippen LogP contribution in [0.2, 0.25) is 0 Å². The van der Waals surface area contributed by atoms with Crippen LogP contribution in [-0.4, -0.2) is 70.9 Å². The van der Waals surface area contributed by atoms with E-state index in [0.717, 1.165) is 32.7 Å². The van der Waals surface area contributed by atoms with Gasteiger partial charge in [0.05, 0.1) is 4.75 Å². The van der Waals surface area contributed by atoms with E-state index in [1.54, 1.807) is 11.8 Å². The second-order valence-corrected chi connectivity index (χ2v) is 8.93. The minimum atomic E-state index is -0.444. The summed E-state index contributed by atoms with van der Waals surface area (Å²) in [5.74, 6) is 0.662.